The lowest BCUT2D eigenvalue weighted by atomic mass is 9.77. The van der Waals surface area contributed by atoms with Gasteiger partial charge in [-0.3, -0.25) is 0 Å². The van der Waals surface area contributed by atoms with Gasteiger partial charge in [-0.05, 0) is 29.4 Å². The number of fused-ring (bicyclic) bond motifs is 4. The van der Waals surface area contributed by atoms with E-state index >= 15 is 0 Å². The average molecular weight is 239 g/mol. The molecule has 0 bridgehead atoms. The van der Waals surface area contributed by atoms with Crippen molar-refractivity contribution in [2.75, 3.05) is 11.9 Å². The second-order valence-corrected chi connectivity index (χ2v) is 4.77. The Bertz CT molecular complexity index is 574. The van der Waals surface area contributed by atoms with Crippen molar-refractivity contribution in [3.63, 3.8) is 0 Å². The van der Waals surface area contributed by atoms with Gasteiger partial charge in [0, 0.05) is 17.8 Å². The number of ether oxygens (including phenoxy) is 2. The largest absolute Gasteiger partial charge is 0.473 e. The Morgan fingerprint density at radius 3 is 2.89 bits per heavy atom. The minimum absolute atomic E-state index is 0.242. The standard InChI is InChI=1S/C15H13NO2/c1-2-4-13-12(3-1)14-11(9-16-13)10-18-15(14)5-7-17-8-6-15/h1-9,14,16H,10H2. The molecule has 3 heteroatoms. The van der Waals surface area contributed by atoms with Crippen molar-refractivity contribution in [1.82, 2.24) is 0 Å². The van der Waals surface area contributed by atoms with Gasteiger partial charge in [-0.1, -0.05) is 18.2 Å². The molecule has 0 aliphatic carbocycles. The van der Waals surface area contributed by atoms with Crippen LogP contribution in [-0.2, 0) is 9.47 Å². The van der Waals surface area contributed by atoms with Crippen LogP contribution in [0.1, 0.15) is 11.5 Å². The molecule has 1 aromatic rings. The van der Waals surface area contributed by atoms with Crippen molar-refractivity contribution >= 4 is 5.69 Å². The van der Waals surface area contributed by atoms with E-state index < -0.39 is 0 Å². The number of hydrogen-bond acceptors (Lipinski definition) is 3. The molecule has 1 atom stereocenters. The molecule has 1 N–H and O–H groups in total. The van der Waals surface area contributed by atoms with Gasteiger partial charge in [0.2, 0.25) is 0 Å². The van der Waals surface area contributed by atoms with E-state index in [1.165, 1.54) is 11.1 Å². The molecule has 0 aromatic heterocycles. The summed E-state index contributed by atoms with van der Waals surface area (Å²) in [4.78, 5) is 0. The molecule has 4 rings (SSSR count). The van der Waals surface area contributed by atoms with Crippen LogP contribution in [0.25, 0.3) is 0 Å². The third kappa shape index (κ3) is 1.22. The van der Waals surface area contributed by atoms with Crippen LogP contribution in [0.4, 0.5) is 5.69 Å². The van der Waals surface area contributed by atoms with Crippen molar-refractivity contribution in [3.8, 4) is 0 Å². The lowest BCUT2D eigenvalue weighted by Gasteiger charge is -2.33. The summed E-state index contributed by atoms with van der Waals surface area (Å²) in [6, 6.07) is 8.37. The molecule has 1 spiro atoms. The fraction of sp³-hybridized carbons (Fsp3) is 0.200. The zero-order valence-corrected chi connectivity index (χ0v) is 9.80. The highest BCUT2D eigenvalue weighted by molar-refractivity contribution is 5.63. The fourth-order valence-electron chi connectivity index (χ4n) is 2.96. The predicted octanol–water partition coefficient (Wildman–Crippen LogP) is 2.91. The van der Waals surface area contributed by atoms with Gasteiger partial charge in [0.05, 0.1) is 19.1 Å². The van der Waals surface area contributed by atoms with E-state index in [1.807, 2.05) is 18.2 Å². The molecule has 1 saturated heterocycles. The van der Waals surface area contributed by atoms with Gasteiger partial charge in [0.1, 0.15) is 5.60 Å². The first kappa shape index (κ1) is 9.97. The quantitative estimate of drug-likeness (QED) is 0.755. The maximum atomic E-state index is 6.02. The first-order valence-corrected chi connectivity index (χ1v) is 6.08. The highest BCUT2D eigenvalue weighted by atomic mass is 16.5. The maximum absolute atomic E-state index is 6.02. The van der Waals surface area contributed by atoms with Crippen LogP contribution >= 0.6 is 0 Å². The number of rotatable bonds is 0. The van der Waals surface area contributed by atoms with E-state index in [2.05, 4.69) is 29.7 Å². The fourth-order valence-corrected chi connectivity index (χ4v) is 2.96. The molecule has 1 aromatic carbocycles. The van der Waals surface area contributed by atoms with Gasteiger partial charge in [-0.2, -0.15) is 0 Å². The number of anilines is 1. The zero-order chi connectivity index (χ0) is 12.0. The molecule has 0 amide bonds. The number of benzene rings is 1. The molecule has 0 saturated carbocycles. The second-order valence-electron chi connectivity index (χ2n) is 4.77. The van der Waals surface area contributed by atoms with E-state index in [0.29, 0.717) is 6.61 Å². The Kier molecular flexibility index (Phi) is 1.94. The van der Waals surface area contributed by atoms with Crippen molar-refractivity contribution in [2.24, 2.45) is 0 Å². The van der Waals surface area contributed by atoms with Crippen LogP contribution < -0.4 is 5.32 Å². The third-order valence-corrected chi connectivity index (χ3v) is 3.81. The molecule has 1 unspecified atom stereocenters. The van der Waals surface area contributed by atoms with Gasteiger partial charge in [-0.15, -0.1) is 0 Å². The molecule has 90 valence electrons. The Balaban J connectivity index is 1.89. The SMILES string of the molecule is C1=CC2(C=CO1)OCC1=CNc3ccccc3C12. The van der Waals surface area contributed by atoms with Crippen LogP contribution in [0.3, 0.4) is 0 Å². The molecule has 18 heavy (non-hydrogen) atoms. The summed E-state index contributed by atoms with van der Waals surface area (Å²) in [7, 11) is 0. The first-order chi connectivity index (χ1) is 8.89. The number of nitrogens with one attached hydrogen (secondary N) is 1. The van der Waals surface area contributed by atoms with Crippen molar-refractivity contribution in [2.45, 2.75) is 11.5 Å². The molecule has 3 aliphatic heterocycles. The van der Waals surface area contributed by atoms with E-state index in [-0.39, 0.29) is 11.5 Å². The summed E-state index contributed by atoms with van der Waals surface area (Å²) in [6.07, 6.45) is 9.47. The summed E-state index contributed by atoms with van der Waals surface area (Å²) in [5.41, 5.74) is 3.33. The van der Waals surface area contributed by atoms with Gasteiger partial charge < -0.3 is 14.8 Å². The van der Waals surface area contributed by atoms with Crippen molar-refractivity contribution < 1.29 is 9.47 Å². The average Bonchev–Trinajstić information content (AvgIpc) is 2.79. The Hall–Kier alpha value is -2.00. The van der Waals surface area contributed by atoms with Gasteiger partial charge in [0.15, 0.2) is 0 Å². The molecular weight excluding hydrogens is 226 g/mol. The lowest BCUT2D eigenvalue weighted by molar-refractivity contribution is 0.0698. The number of para-hydroxylation sites is 1. The second kappa shape index (κ2) is 3.50. The van der Waals surface area contributed by atoms with Gasteiger partial charge in [0.25, 0.3) is 0 Å². The topological polar surface area (TPSA) is 30.5 Å². The summed E-state index contributed by atoms with van der Waals surface area (Å²) in [5.74, 6) is 0.242. The molecular formula is C15H13NO2. The smallest absolute Gasteiger partial charge is 0.122 e. The van der Waals surface area contributed by atoms with Crippen LogP contribution in [0.2, 0.25) is 0 Å². The van der Waals surface area contributed by atoms with Gasteiger partial charge >= 0.3 is 0 Å². The molecule has 3 heterocycles. The lowest BCUT2D eigenvalue weighted by Crippen LogP contribution is -2.32. The van der Waals surface area contributed by atoms with Gasteiger partial charge in [-0.25, -0.2) is 0 Å². The summed E-state index contributed by atoms with van der Waals surface area (Å²) in [6.45, 7) is 0.653. The van der Waals surface area contributed by atoms with E-state index in [9.17, 15) is 0 Å². The minimum atomic E-state index is -0.387. The molecule has 0 radical (unpaired) electrons. The molecule has 1 fully saturated rings. The molecule has 3 nitrogen and oxygen atoms in total. The molecule has 3 aliphatic rings. The summed E-state index contributed by atoms with van der Waals surface area (Å²) in [5, 5.41) is 3.33. The van der Waals surface area contributed by atoms with Crippen LogP contribution in [-0.4, -0.2) is 12.2 Å². The zero-order valence-electron chi connectivity index (χ0n) is 9.80. The van der Waals surface area contributed by atoms with Crippen molar-refractivity contribution in [1.29, 1.82) is 0 Å². The highest BCUT2D eigenvalue weighted by Crippen LogP contribution is 2.50. The highest BCUT2D eigenvalue weighted by Gasteiger charge is 2.47. The monoisotopic (exact) mass is 239 g/mol. The van der Waals surface area contributed by atoms with E-state index in [4.69, 9.17) is 9.47 Å². The summed E-state index contributed by atoms with van der Waals surface area (Å²) >= 11 is 0. The Labute approximate surface area is 105 Å². The van der Waals surface area contributed by atoms with Crippen LogP contribution in [0.15, 0.2) is 60.7 Å². The number of hydrogen-bond donors (Lipinski definition) is 1. The van der Waals surface area contributed by atoms with Crippen molar-refractivity contribution in [3.05, 3.63) is 66.3 Å². The predicted molar refractivity (Wildman–Crippen MR) is 68.9 cm³/mol. The van der Waals surface area contributed by atoms with E-state index in [0.717, 1.165) is 5.69 Å². The van der Waals surface area contributed by atoms with Crippen LogP contribution in [0.5, 0.6) is 0 Å². The maximum Gasteiger partial charge on any atom is 0.122 e. The first-order valence-electron chi connectivity index (χ1n) is 6.08. The van der Waals surface area contributed by atoms with E-state index in [1.54, 1.807) is 12.5 Å². The summed E-state index contributed by atoms with van der Waals surface area (Å²) < 4.78 is 11.2. The normalized spacial score (nSPS) is 26.0. The Morgan fingerprint density at radius 2 is 2.00 bits per heavy atom. The third-order valence-electron chi connectivity index (χ3n) is 3.81. The Morgan fingerprint density at radius 1 is 1.17 bits per heavy atom. The van der Waals surface area contributed by atoms with Crippen LogP contribution in [0, 0.1) is 0 Å². The minimum Gasteiger partial charge on any atom is -0.473 e.